The molecule has 0 aliphatic carbocycles. The molecule has 0 unspecified atom stereocenters. The van der Waals surface area contributed by atoms with Gasteiger partial charge in [-0.25, -0.2) is 4.79 Å². The van der Waals surface area contributed by atoms with Crippen LogP contribution in [0.15, 0.2) is 72.8 Å². The van der Waals surface area contributed by atoms with Gasteiger partial charge in [-0.1, -0.05) is 30.0 Å². The first-order chi connectivity index (χ1) is 13.6. The smallest absolute Gasteiger partial charge is 0.337 e. The van der Waals surface area contributed by atoms with Gasteiger partial charge in [0.2, 0.25) is 0 Å². The van der Waals surface area contributed by atoms with Crippen molar-refractivity contribution in [1.29, 1.82) is 5.26 Å². The van der Waals surface area contributed by atoms with Crippen molar-refractivity contribution in [2.75, 3.05) is 5.32 Å². The maximum absolute atomic E-state index is 12.4. The molecule has 1 amide bonds. The minimum Gasteiger partial charge on any atom is -0.478 e. The molecule has 3 aromatic rings. The highest BCUT2D eigenvalue weighted by atomic mass is 16.4. The second-order valence-electron chi connectivity index (χ2n) is 5.82. The van der Waals surface area contributed by atoms with E-state index in [0.717, 1.165) is 11.1 Å². The number of aromatic carboxylic acids is 1. The summed E-state index contributed by atoms with van der Waals surface area (Å²) in [5.74, 6) is 4.39. The first kappa shape index (κ1) is 18.4. The molecule has 0 radical (unpaired) electrons. The highest BCUT2D eigenvalue weighted by Crippen LogP contribution is 2.19. The Morgan fingerprint density at radius 2 is 1.43 bits per heavy atom. The largest absolute Gasteiger partial charge is 0.478 e. The van der Waals surface area contributed by atoms with E-state index < -0.39 is 11.9 Å². The van der Waals surface area contributed by atoms with Crippen LogP contribution in [0, 0.1) is 23.2 Å². The van der Waals surface area contributed by atoms with Crippen molar-refractivity contribution in [2.24, 2.45) is 0 Å². The minimum atomic E-state index is -1.22. The fourth-order valence-corrected chi connectivity index (χ4v) is 2.46. The Balaban J connectivity index is 1.77. The van der Waals surface area contributed by atoms with E-state index >= 15 is 0 Å². The standard InChI is InChI=1S/C23H14N2O3/c24-15-18-10-13-21(20(14-18)23(27)28)25-22(26)19-11-8-17(9-12-19)7-6-16-4-2-1-3-5-16/h1-5,8-14H,(H,25,26)(H,27,28). The van der Waals surface area contributed by atoms with Gasteiger partial charge in [0.1, 0.15) is 0 Å². The predicted molar refractivity (Wildman–Crippen MR) is 105 cm³/mol. The van der Waals surface area contributed by atoms with Gasteiger partial charge in [-0.3, -0.25) is 4.79 Å². The molecule has 28 heavy (non-hydrogen) atoms. The molecule has 134 valence electrons. The van der Waals surface area contributed by atoms with Crippen LogP contribution in [0.3, 0.4) is 0 Å². The zero-order valence-corrected chi connectivity index (χ0v) is 14.6. The number of hydrogen-bond donors (Lipinski definition) is 2. The number of anilines is 1. The summed E-state index contributed by atoms with van der Waals surface area (Å²) in [5, 5.41) is 20.7. The zero-order valence-electron chi connectivity index (χ0n) is 14.6. The third-order valence-corrected chi connectivity index (χ3v) is 3.90. The number of carbonyl (C=O) groups excluding carboxylic acids is 1. The quantitative estimate of drug-likeness (QED) is 0.688. The molecule has 3 aromatic carbocycles. The van der Waals surface area contributed by atoms with Gasteiger partial charge in [0.05, 0.1) is 22.9 Å². The molecule has 0 saturated carbocycles. The summed E-state index contributed by atoms with van der Waals surface area (Å²) in [6.45, 7) is 0. The Morgan fingerprint density at radius 3 is 2.04 bits per heavy atom. The lowest BCUT2D eigenvalue weighted by Gasteiger charge is -2.09. The second kappa shape index (κ2) is 8.35. The summed E-state index contributed by atoms with van der Waals surface area (Å²) in [7, 11) is 0. The molecule has 0 aliphatic heterocycles. The van der Waals surface area contributed by atoms with Gasteiger partial charge in [-0.2, -0.15) is 5.26 Å². The van der Waals surface area contributed by atoms with Crippen LogP contribution in [0.2, 0.25) is 0 Å². The Bertz CT molecular complexity index is 1130. The van der Waals surface area contributed by atoms with Crippen LogP contribution in [-0.4, -0.2) is 17.0 Å². The molecule has 5 heteroatoms. The fraction of sp³-hybridized carbons (Fsp3) is 0. The van der Waals surface area contributed by atoms with Crippen molar-refractivity contribution >= 4 is 17.6 Å². The summed E-state index contributed by atoms with van der Waals surface area (Å²) in [6, 6.07) is 22.2. The monoisotopic (exact) mass is 366 g/mol. The number of nitriles is 1. The Labute approximate surface area is 161 Å². The summed E-state index contributed by atoms with van der Waals surface area (Å²) in [4.78, 5) is 23.8. The molecule has 0 saturated heterocycles. The van der Waals surface area contributed by atoms with E-state index in [2.05, 4.69) is 17.2 Å². The van der Waals surface area contributed by atoms with Gasteiger partial charge in [0.25, 0.3) is 5.91 Å². The Kier molecular flexibility index (Phi) is 5.50. The lowest BCUT2D eigenvalue weighted by molar-refractivity contribution is 0.0698. The van der Waals surface area contributed by atoms with E-state index in [-0.39, 0.29) is 16.8 Å². The topological polar surface area (TPSA) is 90.2 Å². The van der Waals surface area contributed by atoms with Gasteiger partial charge in [-0.15, -0.1) is 0 Å². The van der Waals surface area contributed by atoms with E-state index in [1.807, 2.05) is 36.4 Å². The second-order valence-corrected chi connectivity index (χ2v) is 5.82. The van der Waals surface area contributed by atoms with Gasteiger partial charge in [-0.05, 0) is 54.6 Å². The van der Waals surface area contributed by atoms with Gasteiger partial charge >= 0.3 is 5.97 Å². The molecule has 5 nitrogen and oxygen atoms in total. The van der Waals surface area contributed by atoms with Crippen LogP contribution < -0.4 is 5.32 Å². The summed E-state index contributed by atoms with van der Waals surface area (Å²) in [5.41, 5.74) is 2.21. The van der Waals surface area contributed by atoms with Crippen molar-refractivity contribution < 1.29 is 14.7 Å². The van der Waals surface area contributed by atoms with Crippen LogP contribution in [0.1, 0.15) is 37.4 Å². The molecule has 0 atom stereocenters. The molecule has 0 fully saturated rings. The number of nitrogens with one attached hydrogen (secondary N) is 1. The van der Waals surface area contributed by atoms with Gasteiger partial charge < -0.3 is 10.4 Å². The zero-order chi connectivity index (χ0) is 19.9. The average molecular weight is 366 g/mol. The Morgan fingerprint density at radius 1 is 0.821 bits per heavy atom. The maximum Gasteiger partial charge on any atom is 0.337 e. The summed E-state index contributed by atoms with van der Waals surface area (Å²) >= 11 is 0. The maximum atomic E-state index is 12.4. The SMILES string of the molecule is N#Cc1ccc(NC(=O)c2ccc(C#Cc3ccccc3)cc2)c(C(=O)O)c1. The lowest BCUT2D eigenvalue weighted by Crippen LogP contribution is -2.15. The molecule has 0 aromatic heterocycles. The highest BCUT2D eigenvalue weighted by Gasteiger charge is 2.14. The number of benzene rings is 3. The number of carboxylic acid groups (broad SMARTS) is 1. The number of hydrogen-bond acceptors (Lipinski definition) is 3. The van der Waals surface area contributed by atoms with Gasteiger partial charge in [0.15, 0.2) is 0 Å². The van der Waals surface area contributed by atoms with Crippen LogP contribution >= 0.6 is 0 Å². The molecule has 0 spiro atoms. The summed E-state index contributed by atoms with van der Waals surface area (Å²) in [6.07, 6.45) is 0. The van der Waals surface area contributed by atoms with Crippen molar-refractivity contribution in [3.05, 3.63) is 101 Å². The average Bonchev–Trinajstić information content (AvgIpc) is 2.73. The lowest BCUT2D eigenvalue weighted by atomic mass is 10.1. The van der Waals surface area contributed by atoms with Crippen LogP contribution in [0.4, 0.5) is 5.69 Å². The molecule has 0 bridgehead atoms. The van der Waals surface area contributed by atoms with E-state index in [9.17, 15) is 14.7 Å². The van der Waals surface area contributed by atoms with Crippen molar-refractivity contribution in [3.63, 3.8) is 0 Å². The molecule has 0 aliphatic rings. The van der Waals surface area contributed by atoms with Crippen molar-refractivity contribution in [3.8, 4) is 17.9 Å². The third kappa shape index (κ3) is 4.43. The number of amides is 1. The number of carbonyl (C=O) groups is 2. The molecule has 3 rings (SSSR count). The molecule has 2 N–H and O–H groups in total. The van der Waals surface area contributed by atoms with E-state index in [4.69, 9.17) is 5.26 Å². The molecular formula is C23H14N2O3. The number of rotatable bonds is 3. The molecule has 0 heterocycles. The van der Waals surface area contributed by atoms with E-state index in [0.29, 0.717) is 5.56 Å². The fourth-order valence-electron chi connectivity index (χ4n) is 2.46. The minimum absolute atomic E-state index is 0.129. The number of nitrogens with zero attached hydrogens (tertiary/aromatic N) is 1. The predicted octanol–water partition coefficient (Wildman–Crippen LogP) is 3.91. The van der Waals surface area contributed by atoms with Gasteiger partial charge in [0, 0.05) is 16.7 Å². The van der Waals surface area contributed by atoms with E-state index in [1.165, 1.54) is 18.2 Å². The highest BCUT2D eigenvalue weighted by molar-refractivity contribution is 6.07. The van der Waals surface area contributed by atoms with Crippen LogP contribution in [0.5, 0.6) is 0 Å². The molecular weight excluding hydrogens is 352 g/mol. The van der Waals surface area contributed by atoms with Crippen molar-refractivity contribution in [2.45, 2.75) is 0 Å². The van der Waals surface area contributed by atoms with E-state index in [1.54, 1.807) is 24.3 Å². The van der Waals surface area contributed by atoms with Crippen molar-refractivity contribution in [1.82, 2.24) is 0 Å². The Hall–Kier alpha value is -4.35. The first-order valence-electron chi connectivity index (χ1n) is 8.33. The van der Waals surface area contributed by atoms with Crippen LogP contribution in [0.25, 0.3) is 0 Å². The first-order valence-corrected chi connectivity index (χ1v) is 8.33. The van der Waals surface area contributed by atoms with Crippen LogP contribution in [-0.2, 0) is 0 Å². The summed E-state index contributed by atoms with van der Waals surface area (Å²) < 4.78 is 0. The number of carboxylic acids is 1. The third-order valence-electron chi connectivity index (χ3n) is 3.90. The normalized spacial score (nSPS) is 9.54.